The lowest BCUT2D eigenvalue weighted by Gasteiger charge is -2.35. The fraction of sp³-hybridized carbons (Fsp3) is 0.556. The molecule has 2 aromatic rings. The Morgan fingerprint density at radius 2 is 2.12 bits per heavy atom. The second kappa shape index (κ2) is 6.00. The molecule has 1 saturated heterocycles. The van der Waals surface area contributed by atoms with Gasteiger partial charge in [0.05, 0.1) is 17.1 Å². The highest BCUT2D eigenvalue weighted by atomic mass is 16.6. The molecule has 130 valence electrons. The number of aromatic nitrogens is 2. The number of piperidine rings is 1. The van der Waals surface area contributed by atoms with Crippen molar-refractivity contribution in [3.05, 3.63) is 23.8 Å². The molecule has 1 amide bonds. The zero-order valence-electron chi connectivity index (χ0n) is 14.9. The maximum Gasteiger partial charge on any atom is 0.410 e. The van der Waals surface area contributed by atoms with Gasteiger partial charge in [0.25, 0.3) is 0 Å². The number of hydrogen-bond acceptors (Lipinski definition) is 4. The maximum atomic E-state index is 12.4. The molecule has 2 heterocycles. The molecule has 0 radical (unpaired) electrons. The Balaban J connectivity index is 1.85. The van der Waals surface area contributed by atoms with Crippen LogP contribution in [0.4, 0.5) is 10.7 Å². The van der Waals surface area contributed by atoms with E-state index < -0.39 is 5.60 Å². The Hall–Kier alpha value is -2.24. The topological polar surface area (TPSA) is 73.4 Å². The molecule has 1 atom stereocenters. The molecule has 0 saturated carbocycles. The molecule has 1 aliphatic heterocycles. The molecule has 6 nitrogen and oxygen atoms in total. The molecule has 3 rings (SSSR count). The first kappa shape index (κ1) is 16.6. The molecule has 1 aliphatic rings. The number of likely N-dealkylation sites (tertiary alicyclic amines) is 1. The van der Waals surface area contributed by atoms with Gasteiger partial charge < -0.3 is 19.9 Å². The summed E-state index contributed by atoms with van der Waals surface area (Å²) in [5.41, 5.74) is 8.78. The van der Waals surface area contributed by atoms with E-state index in [-0.39, 0.29) is 12.1 Å². The van der Waals surface area contributed by atoms with E-state index in [1.807, 2.05) is 33.8 Å². The number of carbonyl (C=O) groups is 1. The zero-order valence-corrected chi connectivity index (χ0v) is 14.9. The predicted octanol–water partition coefficient (Wildman–Crippen LogP) is 3.50. The smallest absolute Gasteiger partial charge is 0.410 e. The molecule has 0 spiro atoms. The molecule has 0 bridgehead atoms. The SMILES string of the molecule is Cc1ccc2c(c1)nc(N)n2C1CCCN(C(=O)OC(C)(C)C)C1. The van der Waals surface area contributed by atoms with Gasteiger partial charge in [0.15, 0.2) is 0 Å². The van der Waals surface area contributed by atoms with Gasteiger partial charge >= 0.3 is 6.09 Å². The number of imidazole rings is 1. The van der Waals surface area contributed by atoms with Crippen molar-refractivity contribution in [2.45, 2.75) is 52.2 Å². The first-order valence-electron chi connectivity index (χ1n) is 8.46. The molecule has 24 heavy (non-hydrogen) atoms. The van der Waals surface area contributed by atoms with Crippen molar-refractivity contribution in [1.29, 1.82) is 0 Å². The summed E-state index contributed by atoms with van der Waals surface area (Å²) in [6.45, 7) is 9.01. The van der Waals surface area contributed by atoms with Crippen molar-refractivity contribution < 1.29 is 9.53 Å². The van der Waals surface area contributed by atoms with Crippen molar-refractivity contribution in [3.63, 3.8) is 0 Å². The lowest BCUT2D eigenvalue weighted by atomic mass is 10.1. The van der Waals surface area contributed by atoms with Crippen molar-refractivity contribution in [3.8, 4) is 0 Å². The molecule has 1 aromatic heterocycles. The number of carbonyl (C=O) groups excluding carboxylic acids is 1. The van der Waals surface area contributed by atoms with Crippen LogP contribution in [0.25, 0.3) is 11.0 Å². The number of fused-ring (bicyclic) bond motifs is 1. The van der Waals surface area contributed by atoms with E-state index in [1.54, 1.807) is 4.90 Å². The van der Waals surface area contributed by atoms with Crippen LogP contribution in [0.3, 0.4) is 0 Å². The number of amides is 1. The van der Waals surface area contributed by atoms with Crippen LogP contribution >= 0.6 is 0 Å². The summed E-state index contributed by atoms with van der Waals surface area (Å²) in [6.07, 6.45) is 1.64. The Kier molecular flexibility index (Phi) is 4.15. The van der Waals surface area contributed by atoms with Crippen LogP contribution in [0.2, 0.25) is 0 Å². The summed E-state index contributed by atoms with van der Waals surface area (Å²) in [5.74, 6) is 0.506. The van der Waals surface area contributed by atoms with Gasteiger partial charge in [-0.25, -0.2) is 9.78 Å². The van der Waals surface area contributed by atoms with E-state index in [9.17, 15) is 4.79 Å². The van der Waals surface area contributed by atoms with Crippen molar-refractivity contribution in [2.24, 2.45) is 0 Å². The molecule has 1 fully saturated rings. The summed E-state index contributed by atoms with van der Waals surface area (Å²) < 4.78 is 7.57. The van der Waals surface area contributed by atoms with E-state index in [1.165, 1.54) is 0 Å². The number of nitrogens with zero attached hydrogens (tertiary/aromatic N) is 3. The summed E-state index contributed by atoms with van der Waals surface area (Å²) in [4.78, 5) is 18.6. The highest BCUT2D eigenvalue weighted by Gasteiger charge is 2.30. The maximum absolute atomic E-state index is 12.4. The molecule has 2 N–H and O–H groups in total. The fourth-order valence-corrected chi connectivity index (χ4v) is 3.27. The fourth-order valence-electron chi connectivity index (χ4n) is 3.27. The highest BCUT2D eigenvalue weighted by molar-refractivity contribution is 5.79. The van der Waals surface area contributed by atoms with Gasteiger partial charge in [0.1, 0.15) is 5.60 Å². The van der Waals surface area contributed by atoms with Gasteiger partial charge in [-0.15, -0.1) is 0 Å². The Labute approximate surface area is 142 Å². The number of nitrogen functional groups attached to an aromatic ring is 1. The van der Waals surface area contributed by atoms with E-state index >= 15 is 0 Å². The van der Waals surface area contributed by atoms with E-state index in [0.29, 0.717) is 12.5 Å². The normalized spacial score (nSPS) is 18.8. The largest absolute Gasteiger partial charge is 0.444 e. The van der Waals surface area contributed by atoms with Crippen LogP contribution in [-0.4, -0.2) is 39.2 Å². The molecule has 1 unspecified atom stereocenters. The monoisotopic (exact) mass is 330 g/mol. The first-order valence-corrected chi connectivity index (χ1v) is 8.46. The minimum atomic E-state index is -0.484. The minimum Gasteiger partial charge on any atom is -0.444 e. The molecule has 6 heteroatoms. The third-order valence-electron chi connectivity index (χ3n) is 4.29. The minimum absolute atomic E-state index is 0.124. The van der Waals surface area contributed by atoms with Crippen LogP contribution in [0.15, 0.2) is 18.2 Å². The second-order valence-electron chi connectivity index (χ2n) is 7.55. The molecular formula is C18H26N4O2. The van der Waals surface area contributed by atoms with Gasteiger partial charge in [0, 0.05) is 13.1 Å². The third kappa shape index (κ3) is 3.32. The summed E-state index contributed by atoms with van der Waals surface area (Å²) >= 11 is 0. The zero-order chi connectivity index (χ0) is 17.5. The number of ether oxygens (including phenoxy) is 1. The number of anilines is 1. The number of hydrogen-bond donors (Lipinski definition) is 1. The van der Waals surface area contributed by atoms with Crippen LogP contribution in [0.1, 0.15) is 45.2 Å². The average Bonchev–Trinajstić information content (AvgIpc) is 2.80. The van der Waals surface area contributed by atoms with Crippen LogP contribution in [0.5, 0.6) is 0 Å². The average molecular weight is 330 g/mol. The molecular weight excluding hydrogens is 304 g/mol. The van der Waals surface area contributed by atoms with Crippen molar-refractivity contribution in [2.75, 3.05) is 18.8 Å². The van der Waals surface area contributed by atoms with Crippen molar-refractivity contribution in [1.82, 2.24) is 14.5 Å². The number of nitrogens with two attached hydrogens (primary N) is 1. The van der Waals surface area contributed by atoms with Crippen LogP contribution < -0.4 is 5.73 Å². The van der Waals surface area contributed by atoms with Crippen LogP contribution in [-0.2, 0) is 4.74 Å². The van der Waals surface area contributed by atoms with Gasteiger partial charge in [-0.3, -0.25) is 0 Å². The lowest BCUT2D eigenvalue weighted by Crippen LogP contribution is -2.43. The highest BCUT2D eigenvalue weighted by Crippen LogP contribution is 2.30. The van der Waals surface area contributed by atoms with Gasteiger partial charge in [0.2, 0.25) is 5.95 Å². The Bertz CT molecular complexity index is 760. The predicted molar refractivity (Wildman–Crippen MR) is 95.0 cm³/mol. The lowest BCUT2D eigenvalue weighted by molar-refractivity contribution is 0.0175. The Morgan fingerprint density at radius 1 is 1.38 bits per heavy atom. The summed E-state index contributed by atoms with van der Waals surface area (Å²) in [6, 6.07) is 6.28. The van der Waals surface area contributed by atoms with Gasteiger partial charge in [-0.05, 0) is 58.2 Å². The Morgan fingerprint density at radius 3 is 2.83 bits per heavy atom. The van der Waals surface area contributed by atoms with Crippen molar-refractivity contribution >= 4 is 23.1 Å². The molecule has 1 aromatic carbocycles. The van der Waals surface area contributed by atoms with Crippen LogP contribution in [0, 0.1) is 6.92 Å². The second-order valence-corrected chi connectivity index (χ2v) is 7.55. The van der Waals surface area contributed by atoms with Gasteiger partial charge in [-0.2, -0.15) is 0 Å². The number of aryl methyl sites for hydroxylation is 1. The summed E-state index contributed by atoms with van der Waals surface area (Å²) in [5, 5.41) is 0. The van der Waals surface area contributed by atoms with E-state index in [0.717, 1.165) is 36.0 Å². The molecule has 0 aliphatic carbocycles. The standard InChI is InChI=1S/C18H26N4O2/c1-12-7-8-15-14(10-12)20-16(19)22(15)13-6-5-9-21(11-13)17(23)24-18(2,3)4/h7-8,10,13H,5-6,9,11H2,1-4H3,(H2,19,20). The number of rotatable bonds is 1. The number of benzene rings is 1. The van der Waals surface area contributed by atoms with E-state index in [2.05, 4.69) is 21.7 Å². The summed E-state index contributed by atoms with van der Waals surface area (Å²) in [7, 11) is 0. The third-order valence-corrected chi connectivity index (χ3v) is 4.29. The van der Waals surface area contributed by atoms with Gasteiger partial charge in [-0.1, -0.05) is 6.07 Å². The quantitative estimate of drug-likeness (QED) is 0.868. The first-order chi connectivity index (χ1) is 11.2. The van der Waals surface area contributed by atoms with E-state index in [4.69, 9.17) is 10.5 Å².